The van der Waals surface area contributed by atoms with Gasteiger partial charge in [0.25, 0.3) is 11.1 Å². The second-order valence-electron chi connectivity index (χ2n) is 8.65. The summed E-state index contributed by atoms with van der Waals surface area (Å²) in [5, 5.41) is 73.2. The number of piperidine rings is 2. The highest BCUT2D eigenvalue weighted by Crippen LogP contribution is 2.56. The van der Waals surface area contributed by atoms with Gasteiger partial charge in [0.1, 0.15) is 29.8 Å². The first-order valence-corrected chi connectivity index (χ1v) is 8.96. The van der Waals surface area contributed by atoms with E-state index < -0.39 is 63.5 Å². The molecule has 0 aromatic heterocycles. The molecule has 4 atom stereocenters. The molecule has 0 amide bonds. The molecule has 4 rings (SSSR count). The van der Waals surface area contributed by atoms with Gasteiger partial charge in [-0.3, -0.25) is 30.0 Å². The largest absolute Gasteiger partial charge is 0.394 e. The second-order valence-corrected chi connectivity index (χ2v) is 8.65. The van der Waals surface area contributed by atoms with Crippen LogP contribution in [0.25, 0.3) is 0 Å². The average molecular weight is 406 g/mol. The standard InChI is InChI=1S/C15H26N4O9/c1-13(2)14(18(25)26)4-16-6-15(13,19(27)28)7-17(5-14)12(16)11(24)10(23)9(22)8(21)3-20/h8-12,20-24H,3-7H2,1-2H3/t8-,9+,10+,11+,12?,14?,15?/m1/s1. The Balaban J connectivity index is 1.97. The summed E-state index contributed by atoms with van der Waals surface area (Å²) in [4.78, 5) is 25.8. The molecular formula is C15H26N4O9. The molecule has 4 aliphatic rings. The normalized spacial score (nSPS) is 42.6. The summed E-state index contributed by atoms with van der Waals surface area (Å²) in [7, 11) is 0. The summed E-state index contributed by atoms with van der Waals surface area (Å²) in [5.41, 5.74) is -4.54. The van der Waals surface area contributed by atoms with Gasteiger partial charge in [-0.15, -0.1) is 0 Å². The minimum absolute atomic E-state index is 0.161. The summed E-state index contributed by atoms with van der Waals surface area (Å²) < 4.78 is 0. The van der Waals surface area contributed by atoms with E-state index in [1.165, 1.54) is 23.6 Å². The van der Waals surface area contributed by atoms with Gasteiger partial charge in [-0.25, -0.2) is 0 Å². The van der Waals surface area contributed by atoms with Crippen molar-refractivity contribution in [1.29, 1.82) is 0 Å². The van der Waals surface area contributed by atoms with Crippen LogP contribution in [0.1, 0.15) is 13.8 Å². The number of aliphatic hydroxyl groups is 5. The fraction of sp³-hybridized carbons (Fsp3) is 1.00. The lowest BCUT2D eigenvalue weighted by atomic mass is 9.53. The van der Waals surface area contributed by atoms with Gasteiger partial charge in [0.15, 0.2) is 0 Å². The third kappa shape index (κ3) is 2.44. The Morgan fingerprint density at radius 3 is 1.64 bits per heavy atom. The first-order valence-electron chi connectivity index (χ1n) is 8.96. The van der Waals surface area contributed by atoms with Crippen molar-refractivity contribution in [3.63, 3.8) is 0 Å². The van der Waals surface area contributed by atoms with Crippen molar-refractivity contribution in [2.75, 3.05) is 32.8 Å². The fourth-order valence-electron chi connectivity index (χ4n) is 5.22. The van der Waals surface area contributed by atoms with Crippen LogP contribution in [0, 0.1) is 25.6 Å². The van der Waals surface area contributed by atoms with Crippen molar-refractivity contribution >= 4 is 0 Å². The van der Waals surface area contributed by atoms with E-state index in [-0.39, 0.29) is 26.2 Å². The van der Waals surface area contributed by atoms with Crippen LogP contribution < -0.4 is 0 Å². The number of hydrogen-bond donors (Lipinski definition) is 5. The number of nitro groups is 2. The first-order chi connectivity index (χ1) is 12.9. The van der Waals surface area contributed by atoms with Crippen LogP contribution in [0.5, 0.6) is 0 Å². The number of rotatable bonds is 7. The molecule has 0 radical (unpaired) electrons. The number of hydrogen-bond acceptors (Lipinski definition) is 11. The molecule has 0 saturated carbocycles. The van der Waals surface area contributed by atoms with Crippen LogP contribution in [0.2, 0.25) is 0 Å². The van der Waals surface area contributed by atoms with Gasteiger partial charge in [0.2, 0.25) is 0 Å². The monoisotopic (exact) mass is 406 g/mol. The number of aliphatic hydroxyl groups excluding tert-OH is 5. The van der Waals surface area contributed by atoms with Crippen molar-refractivity contribution in [1.82, 2.24) is 9.80 Å². The maximum atomic E-state index is 12.0. The predicted molar refractivity (Wildman–Crippen MR) is 91.3 cm³/mol. The van der Waals surface area contributed by atoms with Gasteiger partial charge in [-0.1, -0.05) is 0 Å². The van der Waals surface area contributed by atoms with Gasteiger partial charge >= 0.3 is 0 Å². The molecule has 0 aliphatic carbocycles. The Labute approximate surface area is 160 Å². The average Bonchev–Trinajstić information content (AvgIpc) is 2.62. The van der Waals surface area contributed by atoms with Crippen LogP contribution in [0.3, 0.4) is 0 Å². The molecule has 4 fully saturated rings. The Morgan fingerprint density at radius 2 is 1.32 bits per heavy atom. The molecule has 13 nitrogen and oxygen atoms in total. The first kappa shape index (κ1) is 21.2. The lowest BCUT2D eigenvalue weighted by Gasteiger charge is -2.66. The van der Waals surface area contributed by atoms with Crippen LogP contribution in [0.15, 0.2) is 0 Å². The SMILES string of the molecule is CC1(C)C2([N+](=O)[O-])CN3CC1([N+](=O)[O-])CN(C2)C3[C@@H](O)[C@@H](O)[C@@H](O)[C@H](O)CO. The summed E-state index contributed by atoms with van der Waals surface area (Å²) in [6.45, 7) is 1.57. The molecule has 4 heterocycles. The van der Waals surface area contributed by atoms with E-state index in [0.717, 1.165) is 0 Å². The van der Waals surface area contributed by atoms with Crippen LogP contribution in [-0.2, 0) is 0 Å². The molecular weight excluding hydrogens is 380 g/mol. The summed E-state index contributed by atoms with van der Waals surface area (Å²) >= 11 is 0. The summed E-state index contributed by atoms with van der Waals surface area (Å²) in [6.07, 6.45) is -8.10. The van der Waals surface area contributed by atoms with Crippen molar-refractivity contribution in [2.24, 2.45) is 5.41 Å². The minimum Gasteiger partial charge on any atom is -0.394 e. The van der Waals surface area contributed by atoms with Gasteiger partial charge in [-0.05, 0) is 13.8 Å². The molecule has 0 spiro atoms. The number of nitrogens with zero attached hydrogens (tertiary/aromatic N) is 4. The van der Waals surface area contributed by atoms with E-state index in [4.69, 9.17) is 5.11 Å². The Morgan fingerprint density at radius 1 is 0.929 bits per heavy atom. The molecule has 4 bridgehead atoms. The van der Waals surface area contributed by atoms with Crippen molar-refractivity contribution in [3.8, 4) is 0 Å². The highest BCUT2D eigenvalue weighted by Gasteiger charge is 2.82. The third-order valence-corrected chi connectivity index (χ3v) is 7.22. The molecule has 4 saturated heterocycles. The van der Waals surface area contributed by atoms with Gasteiger partial charge < -0.3 is 25.5 Å². The van der Waals surface area contributed by atoms with Crippen LogP contribution >= 0.6 is 0 Å². The predicted octanol–water partition coefficient (Wildman–Crippen LogP) is -3.55. The molecule has 0 aromatic carbocycles. The van der Waals surface area contributed by atoms with Crippen LogP contribution in [0.4, 0.5) is 0 Å². The van der Waals surface area contributed by atoms with Crippen molar-refractivity contribution in [2.45, 2.75) is 55.5 Å². The smallest absolute Gasteiger partial charge is 0.259 e. The molecule has 13 heteroatoms. The zero-order valence-corrected chi connectivity index (χ0v) is 15.6. The topological polar surface area (TPSA) is 194 Å². The van der Waals surface area contributed by atoms with E-state index >= 15 is 0 Å². The maximum absolute atomic E-state index is 12.0. The van der Waals surface area contributed by atoms with Crippen LogP contribution in [-0.4, -0.2) is 120 Å². The lowest BCUT2D eigenvalue weighted by molar-refractivity contribution is -0.679. The Hall–Kier alpha value is -1.48. The maximum Gasteiger partial charge on any atom is 0.259 e. The van der Waals surface area contributed by atoms with E-state index in [9.17, 15) is 40.7 Å². The third-order valence-electron chi connectivity index (χ3n) is 7.22. The summed E-state index contributed by atoms with van der Waals surface area (Å²) in [5.74, 6) is 0. The Bertz CT molecular complexity index is 622. The fourth-order valence-corrected chi connectivity index (χ4v) is 5.22. The Kier molecular flexibility index (Phi) is 4.94. The molecule has 160 valence electrons. The summed E-state index contributed by atoms with van der Waals surface area (Å²) in [6, 6.07) is 0. The van der Waals surface area contributed by atoms with Gasteiger partial charge in [0.05, 0.1) is 39.0 Å². The minimum atomic E-state index is -1.87. The van der Waals surface area contributed by atoms with Crippen molar-refractivity contribution < 1.29 is 35.4 Å². The lowest BCUT2D eigenvalue weighted by Crippen LogP contribution is -2.91. The van der Waals surface area contributed by atoms with E-state index in [1.807, 2.05) is 0 Å². The van der Waals surface area contributed by atoms with Gasteiger partial charge in [0, 0.05) is 9.85 Å². The molecule has 28 heavy (non-hydrogen) atoms. The van der Waals surface area contributed by atoms with E-state index in [0.29, 0.717) is 0 Å². The highest BCUT2D eigenvalue weighted by molar-refractivity contribution is 5.22. The quantitative estimate of drug-likeness (QED) is 0.207. The highest BCUT2D eigenvalue weighted by atomic mass is 16.6. The zero-order chi connectivity index (χ0) is 21.2. The van der Waals surface area contributed by atoms with Crippen molar-refractivity contribution in [3.05, 3.63) is 20.2 Å². The molecule has 0 unspecified atom stereocenters. The molecule has 5 N–H and O–H groups in total. The molecule has 0 aromatic rings. The second kappa shape index (κ2) is 6.52. The van der Waals surface area contributed by atoms with Gasteiger partial charge in [-0.2, -0.15) is 0 Å². The van der Waals surface area contributed by atoms with E-state index in [1.54, 1.807) is 0 Å². The zero-order valence-electron chi connectivity index (χ0n) is 15.6. The van der Waals surface area contributed by atoms with E-state index in [2.05, 4.69) is 0 Å². The molecule has 4 aliphatic heterocycles.